The minimum Gasteiger partial charge on any atom is -0.460 e. The number of para-hydroxylation sites is 1. The highest BCUT2D eigenvalue weighted by atomic mass is 35.5. The monoisotopic (exact) mass is 327 g/mol. The van der Waals surface area contributed by atoms with Crippen molar-refractivity contribution in [1.29, 1.82) is 0 Å². The van der Waals surface area contributed by atoms with Gasteiger partial charge in [0.2, 0.25) is 0 Å². The summed E-state index contributed by atoms with van der Waals surface area (Å²) in [6.07, 6.45) is 0. The number of halogens is 1. The molecule has 0 aliphatic carbocycles. The maximum atomic E-state index is 12.3. The summed E-state index contributed by atoms with van der Waals surface area (Å²) in [5.74, 6) is -0.494. The van der Waals surface area contributed by atoms with Crippen LogP contribution in [0.4, 0.5) is 0 Å². The van der Waals surface area contributed by atoms with E-state index in [9.17, 15) is 4.79 Å². The molecule has 0 spiro atoms. The van der Waals surface area contributed by atoms with Crippen LogP contribution in [0.1, 0.15) is 10.4 Å². The number of aliphatic hydroxyl groups is 1. The molecule has 0 atom stereocenters. The van der Waals surface area contributed by atoms with Gasteiger partial charge in [0, 0.05) is 16.0 Å². The Morgan fingerprint density at radius 2 is 1.87 bits per heavy atom. The number of esters is 1. The zero-order chi connectivity index (χ0) is 16.2. The van der Waals surface area contributed by atoms with Crippen molar-refractivity contribution in [2.75, 3.05) is 13.2 Å². The van der Waals surface area contributed by atoms with E-state index in [0.717, 1.165) is 5.56 Å². The normalized spacial score (nSPS) is 10.7. The van der Waals surface area contributed by atoms with Crippen LogP contribution in [0.5, 0.6) is 0 Å². The Labute approximate surface area is 138 Å². The largest absolute Gasteiger partial charge is 0.460 e. The minimum absolute atomic E-state index is 0.0447. The van der Waals surface area contributed by atoms with Crippen LogP contribution in [0, 0.1) is 0 Å². The summed E-state index contributed by atoms with van der Waals surface area (Å²) in [4.78, 5) is 16.9. The van der Waals surface area contributed by atoms with Gasteiger partial charge in [0.05, 0.1) is 23.4 Å². The van der Waals surface area contributed by atoms with Crippen LogP contribution in [0.15, 0.2) is 54.6 Å². The Morgan fingerprint density at radius 3 is 2.65 bits per heavy atom. The molecule has 0 radical (unpaired) electrons. The highest BCUT2D eigenvalue weighted by Gasteiger charge is 2.16. The molecule has 5 heteroatoms. The molecule has 1 aromatic heterocycles. The fraction of sp³-hybridized carbons (Fsp3) is 0.111. The molecule has 0 saturated carbocycles. The number of carbonyl (C=O) groups excluding carboxylic acids is 1. The topological polar surface area (TPSA) is 59.4 Å². The summed E-state index contributed by atoms with van der Waals surface area (Å²) < 4.78 is 5.06. The number of ether oxygens (including phenoxy) is 1. The maximum Gasteiger partial charge on any atom is 0.338 e. The second-order valence-corrected chi connectivity index (χ2v) is 5.32. The third-order valence-electron chi connectivity index (χ3n) is 3.41. The lowest BCUT2D eigenvalue weighted by Crippen LogP contribution is -2.10. The lowest BCUT2D eigenvalue weighted by Gasteiger charge is -2.10. The highest BCUT2D eigenvalue weighted by Crippen LogP contribution is 2.29. The number of fused-ring (bicyclic) bond motifs is 1. The molecule has 0 fully saturated rings. The molecule has 3 aromatic rings. The number of pyridine rings is 1. The number of rotatable bonds is 4. The average molecular weight is 328 g/mol. The molecule has 3 rings (SSSR count). The Balaban J connectivity index is 2.18. The first-order chi connectivity index (χ1) is 11.2. The first kappa shape index (κ1) is 15.5. The molecule has 4 nitrogen and oxygen atoms in total. The van der Waals surface area contributed by atoms with E-state index in [-0.39, 0.29) is 13.2 Å². The summed E-state index contributed by atoms with van der Waals surface area (Å²) >= 11 is 6.24. The third-order valence-corrected chi connectivity index (χ3v) is 3.74. The SMILES string of the molecule is O=C(OCCO)c1cc(-c2ccccc2Cl)nc2ccccc12. The van der Waals surface area contributed by atoms with Crippen LogP contribution in [0.2, 0.25) is 5.02 Å². The van der Waals surface area contributed by atoms with Crippen molar-refractivity contribution in [2.24, 2.45) is 0 Å². The highest BCUT2D eigenvalue weighted by molar-refractivity contribution is 6.33. The second-order valence-electron chi connectivity index (χ2n) is 4.91. The van der Waals surface area contributed by atoms with Gasteiger partial charge in [-0.05, 0) is 18.2 Å². The molecule has 0 amide bonds. The second kappa shape index (κ2) is 6.77. The quantitative estimate of drug-likeness (QED) is 0.742. The van der Waals surface area contributed by atoms with E-state index < -0.39 is 5.97 Å². The number of hydrogen-bond donors (Lipinski definition) is 1. The van der Waals surface area contributed by atoms with Gasteiger partial charge in [-0.25, -0.2) is 9.78 Å². The zero-order valence-corrected chi connectivity index (χ0v) is 13.0. The standard InChI is InChI=1S/C18H14ClNO3/c19-15-7-3-1-6-13(15)17-11-14(18(22)23-10-9-21)12-5-2-4-8-16(12)20-17/h1-8,11,21H,9-10H2. The van der Waals surface area contributed by atoms with Gasteiger partial charge in [-0.1, -0.05) is 48.0 Å². The Kier molecular flexibility index (Phi) is 4.55. The minimum atomic E-state index is -0.494. The van der Waals surface area contributed by atoms with E-state index >= 15 is 0 Å². The molecule has 1 heterocycles. The average Bonchev–Trinajstić information content (AvgIpc) is 2.59. The molecular formula is C18H14ClNO3. The fourth-order valence-corrected chi connectivity index (χ4v) is 2.60. The number of aliphatic hydroxyl groups excluding tert-OH is 1. The predicted molar refractivity (Wildman–Crippen MR) is 89.6 cm³/mol. The van der Waals surface area contributed by atoms with Gasteiger partial charge in [-0.15, -0.1) is 0 Å². The van der Waals surface area contributed by atoms with Crippen molar-refractivity contribution >= 4 is 28.5 Å². The summed E-state index contributed by atoms with van der Waals surface area (Å²) in [5, 5.41) is 10.1. The smallest absolute Gasteiger partial charge is 0.338 e. The third kappa shape index (κ3) is 3.18. The Bertz CT molecular complexity index is 864. The van der Waals surface area contributed by atoms with Gasteiger partial charge in [-0.3, -0.25) is 0 Å². The van der Waals surface area contributed by atoms with Crippen molar-refractivity contribution in [3.8, 4) is 11.3 Å². The number of carbonyl (C=O) groups is 1. The molecule has 0 bridgehead atoms. The van der Waals surface area contributed by atoms with Crippen molar-refractivity contribution in [1.82, 2.24) is 4.98 Å². The Morgan fingerprint density at radius 1 is 1.13 bits per heavy atom. The summed E-state index contributed by atoms with van der Waals surface area (Å²) in [7, 11) is 0. The van der Waals surface area contributed by atoms with Crippen LogP contribution in [0.3, 0.4) is 0 Å². The van der Waals surface area contributed by atoms with Gasteiger partial charge < -0.3 is 9.84 Å². The summed E-state index contributed by atoms with van der Waals surface area (Å²) in [6.45, 7) is -0.261. The molecular weight excluding hydrogens is 314 g/mol. The Hall–Kier alpha value is -2.43. The van der Waals surface area contributed by atoms with Crippen molar-refractivity contribution in [3.05, 3.63) is 65.2 Å². The number of benzene rings is 2. The van der Waals surface area contributed by atoms with E-state index in [0.29, 0.717) is 27.2 Å². The van der Waals surface area contributed by atoms with Crippen LogP contribution in [0.25, 0.3) is 22.2 Å². The first-order valence-electron chi connectivity index (χ1n) is 7.13. The van der Waals surface area contributed by atoms with Gasteiger partial charge in [-0.2, -0.15) is 0 Å². The summed E-state index contributed by atoms with van der Waals surface area (Å²) in [6, 6.07) is 16.3. The van der Waals surface area contributed by atoms with E-state index in [4.69, 9.17) is 21.4 Å². The molecule has 0 aliphatic rings. The van der Waals surface area contributed by atoms with E-state index in [1.54, 1.807) is 12.1 Å². The van der Waals surface area contributed by atoms with Gasteiger partial charge >= 0.3 is 5.97 Å². The van der Waals surface area contributed by atoms with Gasteiger partial charge in [0.15, 0.2) is 0 Å². The molecule has 0 unspecified atom stereocenters. The van der Waals surface area contributed by atoms with Crippen LogP contribution < -0.4 is 0 Å². The first-order valence-corrected chi connectivity index (χ1v) is 7.51. The van der Waals surface area contributed by atoms with Crippen molar-refractivity contribution < 1.29 is 14.6 Å². The van der Waals surface area contributed by atoms with Crippen LogP contribution >= 0.6 is 11.6 Å². The summed E-state index contributed by atoms with van der Waals surface area (Å²) in [5.41, 5.74) is 2.43. The molecule has 0 aliphatic heterocycles. The fourth-order valence-electron chi connectivity index (χ4n) is 2.37. The zero-order valence-electron chi connectivity index (χ0n) is 12.2. The van der Waals surface area contributed by atoms with E-state index in [1.165, 1.54) is 0 Å². The maximum absolute atomic E-state index is 12.3. The number of aromatic nitrogens is 1. The molecule has 1 N–H and O–H groups in total. The molecule has 23 heavy (non-hydrogen) atoms. The molecule has 116 valence electrons. The number of hydrogen-bond acceptors (Lipinski definition) is 4. The van der Waals surface area contributed by atoms with E-state index in [2.05, 4.69) is 4.98 Å². The van der Waals surface area contributed by atoms with Crippen molar-refractivity contribution in [2.45, 2.75) is 0 Å². The van der Waals surface area contributed by atoms with Crippen LogP contribution in [-0.4, -0.2) is 29.3 Å². The van der Waals surface area contributed by atoms with Crippen molar-refractivity contribution in [3.63, 3.8) is 0 Å². The lowest BCUT2D eigenvalue weighted by molar-refractivity contribution is 0.0436. The van der Waals surface area contributed by atoms with Gasteiger partial charge in [0.1, 0.15) is 6.61 Å². The molecule has 2 aromatic carbocycles. The van der Waals surface area contributed by atoms with E-state index in [1.807, 2.05) is 42.5 Å². The predicted octanol–water partition coefficient (Wildman–Crippen LogP) is 3.70. The number of nitrogens with zero attached hydrogens (tertiary/aromatic N) is 1. The van der Waals surface area contributed by atoms with Crippen LogP contribution in [-0.2, 0) is 4.74 Å². The van der Waals surface area contributed by atoms with Gasteiger partial charge in [0.25, 0.3) is 0 Å². The molecule has 0 saturated heterocycles. The lowest BCUT2D eigenvalue weighted by atomic mass is 10.0.